The SMILES string of the molecule is Clc1ccc(Sc2cnc(-c3ccc(Cl)cc3)s2)cc1. The summed E-state index contributed by atoms with van der Waals surface area (Å²) in [5.74, 6) is 0. The average Bonchev–Trinajstić information content (AvgIpc) is 2.91. The molecular weight excluding hydrogens is 329 g/mol. The highest BCUT2D eigenvalue weighted by Gasteiger charge is 2.06. The van der Waals surface area contributed by atoms with Crippen molar-refractivity contribution in [2.24, 2.45) is 0 Å². The number of aromatic nitrogens is 1. The van der Waals surface area contributed by atoms with Gasteiger partial charge in [0.05, 0.1) is 10.4 Å². The predicted molar refractivity (Wildman–Crippen MR) is 88.1 cm³/mol. The summed E-state index contributed by atoms with van der Waals surface area (Å²) in [6.45, 7) is 0. The van der Waals surface area contributed by atoms with Crippen molar-refractivity contribution in [1.82, 2.24) is 4.98 Å². The minimum absolute atomic E-state index is 0.737. The topological polar surface area (TPSA) is 12.9 Å². The lowest BCUT2D eigenvalue weighted by Crippen LogP contribution is -1.73. The average molecular weight is 338 g/mol. The lowest BCUT2D eigenvalue weighted by Gasteiger charge is -1.98. The first-order valence-corrected chi connectivity index (χ1v) is 8.25. The van der Waals surface area contributed by atoms with Gasteiger partial charge in [0.15, 0.2) is 0 Å². The van der Waals surface area contributed by atoms with E-state index < -0.39 is 0 Å². The van der Waals surface area contributed by atoms with Crippen LogP contribution in [0.25, 0.3) is 10.6 Å². The van der Waals surface area contributed by atoms with Crippen LogP contribution in [-0.2, 0) is 0 Å². The molecule has 100 valence electrons. The first-order chi connectivity index (χ1) is 9.70. The summed E-state index contributed by atoms with van der Waals surface area (Å²) in [6, 6.07) is 15.5. The van der Waals surface area contributed by atoms with Gasteiger partial charge in [-0.05, 0) is 36.4 Å². The number of thiazole rings is 1. The van der Waals surface area contributed by atoms with Gasteiger partial charge in [0.2, 0.25) is 0 Å². The quantitative estimate of drug-likeness (QED) is 0.558. The van der Waals surface area contributed by atoms with Gasteiger partial charge in [0.25, 0.3) is 0 Å². The van der Waals surface area contributed by atoms with Gasteiger partial charge in [-0.25, -0.2) is 4.98 Å². The van der Waals surface area contributed by atoms with Crippen LogP contribution >= 0.6 is 46.3 Å². The highest BCUT2D eigenvalue weighted by Crippen LogP contribution is 2.36. The Morgan fingerprint density at radius 1 is 0.850 bits per heavy atom. The molecule has 0 N–H and O–H groups in total. The number of hydrogen-bond donors (Lipinski definition) is 0. The molecule has 1 heterocycles. The Kier molecular flexibility index (Phi) is 4.32. The third kappa shape index (κ3) is 3.36. The van der Waals surface area contributed by atoms with Crippen molar-refractivity contribution in [1.29, 1.82) is 0 Å². The molecule has 20 heavy (non-hydrogen) atoms. The highest BCUT2D eigenvalue weighted by molar-refractivity contribution is 8.01. The zero-order valence-corrected chi connectivity index (χ0v) is 13.4. The molecule has 0 aliphatic rings. The third-order valence-corrected chi connectivity index (χ3v) is 5.27. The minimum Gasteiger partial charge on any atom is -0.243 e. The van der Waals surface area contributed by atoms with Crippen LogP contribution in [0.15, 0.2) is 63.8 Å². The highest BCUT2D eigenvalue weighted by atomic mass is 35.5. The van der Waals surface area contributed by atoms with Crippen molar-refractivity contribution in [2.45, 2.75) is 9.10 Å². The standard InChI is InChI=1S/C15H9Cl2NS2/c16-11-3-1-10(2-4-11)15-18-9-14(20-15)19-13-7-5-12(17)6-8-13/h1-9H. The maximum Gasteiger partial charge on any atom is 0.124 e. The molecular formula is C15H9Cl2NS2. The van der Waals surface area contributed by atoms with E-state index in [1.54, 1.807) is 23.1 Å². The third-order valence-electron chi connectivity index (χ3n) is 2.61. The van der Waals surface area contributed by atoms with E-state index in [2.05, 4.69) is 4.98 Å². The Morgan fingerprint density at radius 2 is 1.45 bits per heavy atom. The monoisotopic (exact) mass is 337 g/mol. The molecule has 0 saturated heterocycles. The lowest BCUT2D eigenvalue weighted by molar-refractivity contribution is 1.36. The number of hydrogen-bond acceptors (Lipinski definition) is 3. The number of halogens is 2. The molecule has 0 saturated carbocycles. The summed E-state index contributed by atoms with van der Waals surface area (Å²) >= 11 is 15.1. The first-order valence-electron chi connectivity index (χ1n) is 5.86. The van der Waals surface area contributed by atoms with E-state index in [4.69, 9.17) is 23.2 Å². The maximum absolute atomic E-state index is 5.89. The molecule has 2 aromatic carbocycles. The van der Waals surface area contributed by atoms with Gasteiger partial charge in [-0.3, -0.25) is 0 Å². The Bertz CT molecular complexity index is 705. The second kappa shape index (κ2) is 6.19. The minimum atomic E-state index is 0.737. The van der Waals surface area contributed by atoms with Gasteiger partial charge in [0, 0.05) is 20.5 Å². The fourth-order valence-electron chi connectivity index (χ4n) is 1.65. The Morgan fingerprint density at radius 3 is 2.10 bits per heavy atom. The van der Waals surface area contributed by atoms with Crippen molar-refractivity contribution in [3.05, 3.63) is 64.8 Å². The van der Waals surface area contributed by atoms with Gasteiger partial charge < -0.3 is 0 Å². The van der Waals surface area contributed by atoms with Crippen LogP contribution in [0.4, 0.5) is 0 Å². The van der Waals surface area contributed by atoms with Gasteiger partial charge in [0.1, 0.15) is 5.01 Å². The molecule has 0 unspecified atom stereocenters. The molecule has 0 atom stereocenters. The zero-order valence-electron chi connectivity index (χ0n) is 10.2. The zero-order chi connectivity index (χ0) is 13.9. The van der Waals surface area contributed by atoms with E-state index in [0.717, 1.165) is 29.7 Å². The molecule has 0 radical (unpaired) electrons. The summed E-state index contributed by atoms with van der Waals surface area (Å²) < 4.78 is 1.15. The number of benzene rings is 2. The van der Waals surface area contributed by atoms with E-state index in [1.165, 1.54) is 0 Å². The van der Waals surface area contributed by atoms with Crippen molar-refractivity contribution >= 4 is 46.3 Å². The van der Waals surface area contributed by atoms with Crippen LogP contribution in [0.1, 0.15) is 0 Å². The molecule has 0 amide bonds. The summed E-state index contributed by atoms with van der Waals surface area (Å²) in [5, 5.41) is 2.49. The largest absolute Gasteiger partial charge is 0.243 e. The molecule has 0 fully saturated rings. The molecule has 0 spiro atoms. The maximum atomic E-state index is 5.89. The fraction of sp³-hybridized carbons (Fsp3) is 0. The second-order valence-corrected chi connectivity index (χ2v) is 7.32. The normalized spacial score (nSPS) is 10.7. The first kappa shape index (κ1) is 14.0. The predicted octanol–water partition coefficient (Wildman–Crippen LogP) is 6.27. The van der Waals surface area contributed by atoms with Crippen LogP contribution in [0.5, 0.6) is 0 Å². The van der Waals surface area contributed by atoms with Crippen molar-refractivity contribution in [3.8, 4) is 10.6 Å². The van der Waals surface area contributed by atoms with E-state index in [0.29, 0.717) is 0 Å². The summed E-state index contributed by atoms with van der Waals surface area (Å²) in [7, 11) is 0. The smallest absolute Gasteiger partial charge is 0.124 e. The van der Waals surface area contributed by atoms with Gasteiger partial charge in [-0.15, -0.1) is 11.3 Å². The molecule has 3 aromatic rings. The molecule has 5 heteroatoms. The van der Waals surface area contributed by atoms with Crippen molar-refractivity contribution in [3.63, 3.8) is 0 Å². The van der Waals surface area contributed by atoms with Crippen LogP contribution in [0.2, 0.25) is 10.0 Å². The van der Waals surface area contributed by atoms with Crippen molar-refractivity contribution < 1.29 is 0 Å². The number of rotatable bonds is 3. The van der Waals surface area contributed by atoms with Gasteiger partial charge >= 0.3 is 0 Å². The van der Waals surface area contributed by atoms with E-state index in [9.17, 15) is 0 Å². The van der Waals surface area contributed by atoms with Gasteiger partial charge in [-0.2, -0.15) is 0 Å². The molecule has 1 nitrogen and oxygen atoms in total. The molecule has 3 rings (SSSR count). The van der Waals surface area contributed by atoms with Crippen molar-refractivity contribution in [2.75, 3.05) is 0 Å². The molecule has 0 bridgehead atoms. The second-order valence-electron chi connectivity index (χ2n) is 4.05. The molecule has 1 aromatic heterocycles. The van der Waals surface area contributed by atoms with Crippen LogP contribution < -0.4 is 0 Å². The van der Waals surface area contributed by atoms with Crippen LogP contribution in [0.3, 0.4) is 0 Å². The number of nitrogens with zero attached hydrogens (tertiary/aromatic N) is 1. The molecule has 0 aliphatic carbocycles. The Hall–Kier alpha value is -1.00. The summed E-state index contributed by atoms with van der Waals surface area (Å²) in [6.07, 6.45) is 1.90. The van der Waals surface area contributed by atoms with E-state index in [1.807, 2.05) is 54.7 Å². The lowest BCUT2D eigenvalue weighted by atomic mass is 10.2. The summed E-state index contributed by atoms with van der Waals surface area (Å²) in [5.41, 5.74) is 1.09. The van der Waals surface area contributed by atoms with E-state index >= 15 is 0 Å². The Balaban J connectivity index is 1.80. The van der Waals surface area contributed by atoms with Crippen LogP contribution in [-0.4, -0.2) is 4.98 Å². The fourth-order valence-corrected chi connectivity index (χ4v) is 3.86. The van der Waals surface area contributed by atoms with E-state index in [-0.39, 0.29) is 0 Å². The van der Waals surface area contributed by atoms with Gasteiger partial charge in [-0.1, -0.05) is 47.1 Å². The summed E-state index contributed by atoms with van der Waals surface area (Å²) in [4.78, 5) is 5.61. The Labute approximate surface area is 135 Å². The molecule has 0 aliphatic heterocycles. The van der Waals surface area contributed by atoms with Crippen LogP contribution in [0, 0.1) is 0 Å².